The van der Waals surface area contributed by atoms with Gasteiger partial charge >= 0.3 is 0 Å². The number of aromatic amines is 1. The van der Waals surface area contributed by atoms with Crippen molar-refractivity contribution in [3.8, 4) is 5.75 Å². The van der Waals surface area contributed by atoms with Crippen LogP contribution in [-0.2, 0) is 13.0 Å². The summed E-state index contributed by atoms with van der Waals surface area (Å²) >= 11 is 0. The SMILES string of the molecule is Cc1cccc(CNCCCc2cn[nH]c2C)c1O. The van der Waals surface area contributed by atoms with E-state index in [0.29, 0.717) is 12.3 Å². The standard InChI is InChI=1S/C15H21N3O/c1-11-5-3-6-14(15(11)19)9-16-8-4-7-13-10-17-18-12(13)2/h3,5-6,10,16,19H,4,7-9H2,1-2H3,(H,17,18). The van der Waals surface area contributed by atoms with Crippen molar-refractivity contribution in [1.82, 2.24) is 15.5 Å². The van der Waals surface area contributed by atoms with Gasteiger partial charge in [-0.3, -0.25) is 5.10 Å². The van der Waals surface area contributed by atoms with E-state index in [4.69, 9.17) is 0 Å². The Kier molecular flexibility index (Phi) is 4.58. The van der Waals surface area contributed by atoms with Gasteiger partial charge < -0.3 is 10.4 Å². The maximum atomic E-state index is 9.89. The minimum atomic E-state index is 0.403. The molecule has 0 aliphatic rings. The van der Waals surface area contributed by atoms with Crippen LogP contribution in [-0.4, -0.2) is 21.8 Å². The third kappa shape index (κ3) is 3.58. The number of H-pyrrole nitrogens is 1. The molecular weight excluding hydrogens is 238 g/mol. The highest BCUT2D eigenvalue weighted by Gasteiger charge is 2.03. The Balaban J connectivity index is 1.72. The Morgan fingerprint density at radius 1 is 1.26 bits per heavy atom. The Hall–Kier alpha value is -1.81. The lowest BCUT2D eigenvalue weighted by atomic mass is 10.1. The summed E-state index contributed by atoms with van der Waals surface area (Å²) in [5.74, 6) is 0.403. The van der Waals surface area contributed by atoms with E-state index in [1.165, 1.54) is 5.56 Å². The van der Waals surface area contributed by atoms with Gasteiger partial charge in [-0.05, 0) is 44.4 Å². The molecule has 2 rings (SSSR count). The minimum Gasteiger partial charge on any atom is -0.507 e. The summed E-state index contributed by atoms with van der Waals surface area (Å²) in [5, 5.41) is 20.2. The van der Waals surface area contributed by atoms with Crippen molar-refractivity contribution >= 4 is 0 Å². The maximum absolute atomic E-state index is 9.89. The first-order valence-corrected chi connectivity index (χ1v) is 6.65. The van der Waals surface area contributed by atoms with Crippen LogP contribution in [0.15, 0.2) is 24.4 Å². The van der Waals surface area contributed by atoms with Gasteiger partial charge in [0.1, 0.15) is 5.75 Å². The zero-order valence-electron chi connectivity index (χ0n) is 11.5. The molecule has 19 heavy (non-hydrogen) atoms. The van der Waals surface area contributed by atoms with Gasteiger partial charge in [0.25, 0.3) is 0 Å². The molecule has 0 saturated heterocycles. The molecule has 4 heteroatoms. The predicted molar refractivity (Wildman–Crippen MR) is 76.2 cm³/mol. The van der Waals surface area contributed by atoms with E-state index in [2.05, 4.69) is 15.5 Å². The smallest absolute Gasteiger partial charge is 0.122 e. The van der Waals surface area contributed by atoms with Crippen molar-refractivity contribution in [2.75, 3.05) is 6.54 Å². The van der Waals surface area contributed by atoms with Crippen LogP contribution in [0.1, 0.15) is 28.8 Å². The normalized spacial score (nSPS) is 10.8. The molecule has 0 saturated carbocycles. The van der Waals surface area contributed by atoms with Gasteiger partial charge in [0.2, 0.25) is 0 Å². The molecule has 3 N–H and O–H groups in total. The molecule has 0 amide bonds. The van der Waals surface area contributed by atoms with Crippen molar-refractivity contribution in [2.45, 2.75) is 33.2 Å². The molecule has 1 aromatic carbocycles. The van der Waals surface area contributed by atoms with Crippen molar-refractivity contribution in [1.29, 1.82) is 0 Å². The number of phenols is 1. The van der Waals surface area contributed by atoms with Gasteiger partial charge in [-0.15, -0.1) is 0 Å². The number of hydrogen-bond donors (Lipinski definition) is 3. The third-order valence-electron chi connectivity index (χ3n) is 3.37. The molecule has 0 fully saturated rings. The number of para-hydroxylation sites is 1. The summed E-state index contributed by atoms with van der Waals surface area (Å²) in [6.07, 6.45) is 3.98. The van der Waals surface area contributed by atoms with Crippen LogP contribution in [0.25, 0.3) is 0 Å². The fourth-order valence-electron chi connectivity index (χ4n) is 2.12. The molecule has 102 valence electrons. The number of aromatic hydroxyl groups is 1. The van der Waals surface area contributed by atoms with Gasteiger partial charge in [0.15, 0.2) is 0 Å². The molecule has 0 unspecified atom stereocenters. The van der Waals surface area contributed by atoms with E-state index in [9.17, 15) is 5.11 Å². The highest BCUT2D eigenvalue weighted by Crippen LogP contribution is 2.20. The van der Waals surface area contributed by atoms with Crippen molar-refractivity contribution in [3.05, 3.63) is 46.8 Å². The lowest BCUT2D eigenvalue weighted by Crippen LogP contribution is -2.15. The first-order chi connectivity index (χ1) is 9.18. The molecule has 1 aromatic heterocycles. The van der Waals surface area contributed by atoms with Gasteiger partial charge in [0, 0.05) is 17.8 Å². The number of nitrogens with one attached hydrogen (secondary N) is 2. The van der Waals surface area contributed by atoms with Gasteiger partial charge in [-0.2, -0.15) is 5.10 Å². The largest absolute Gasteiger partial charge is 0.507 e. The molecular formula is C15H21N3O. The molecule has 0 atom stereocenters. The number of aryl methyl sites for hydroxylation is 3. The van der Waals surface area contributed by atoms with Crippen LogP contribution >= 0.6 is 0 Å². The van der Waals surface area contributed by atoms with Gasteiger partial charge in [0.05, 0.1) is 6.20 Å². The van der Waals surface area contributed by atoms with Gasteiger partial charge in [-0.25, -0.2) is 0 Å². The first kappa shape index (κ1) is 13.6. The van der Waals surface area contributed by atoms with Crippen LogP contribution in [0, 0.1) is 13.8 Å². The highest BCUT2D eigenvalue weighted by molar-refractivity contribution is 5.39. The molecule has 0 spiro atoms. The average molecular weight is 259 g/mol. The predicted octanol–water partition coefficient (Wildman–Crippen LogP) is 2.45. The van der Waals surface area contributed by atoms with E-state index in [0.717, 1.165) is 36.2 Å². The quantitative estimate of drug-likeness (QED) is 0.698. The van der Waals surface area contributed by atoms with E-state index >= 15 is 0 Å². The fraction of sp³-hybridized carbons (Fsp3) is 0.400. The summed E-state index contributed by atoms with van der Waals surface area (Å²) in [7, 11) is 0. The van der Waals surface area contributed by atoms with E-state index in [1.54, 1.807) is 0 Å². The third-order valence-corrected chi connectivity index (χ3v) is 3.37. The second-order valence-electron chi connectivity index (χ2n) is 4.88. The number of rotatable bonds is 6. The van der Waals surface area contributed by atoms with Crippen LogP contribution in [0.4, 0.5) is 0 Å². The van der Waals surface area contributed by atoms with Crippen molar-refractivity contribution < 1.29 is 5.11 Å². The minimum absolute atomic E-state index is 0.403. The van der Waals surface area contributed by atoms with E-state index in [1.807, 2.05) is 38.2 Å². The van der Waals surface area contributed by atoms with Crippen LogP contribution in [0.5, 0.6) is 5.75 Å². The first-order valence-electron chi connectivity index (χ1n) is 6.65. The molecule has 0 aliphatic heterocycles. The summed E-state index contributed by atoms with van der Waals surface area (Å²) in [5.41, 5.74) is 4.31. The number of phenolic OH excluding ortho intramolecular Hbond substituents is 1. The summed E-state index contributed by atoms with van der Waals surface area (Å²) < 4.78 is 0. The molecule has 1 heterocycles. The van der Waals surface area contributed by atoms with Crippen molar-refractivity contribution in [3.63, 3.8) is 0 Å². The summed E-state index contributed by atoms with van der Waals surface area (Å²) in [4.78, 5) is 0. The Morgan fingerprint density at radius 2 is 2.11 bits per heavy atom. The highest BCUT2D eigenvalue weighted by atomic mass is 16.3. The topological polar surface area (TPSA) is 60.9 Å². The lowest BCUT2D eigenvalue weighted by Gasteiger charge is -2.08. The second-order valence-corrected chi connectivity index (χ2v) is 4.88. The summed E-state index contributed by atoms with van der Waals surface area (Å²) in [6, 6.07) is 5.84. The molecule has 4 nitrogen and oxygen atoms in total. The molecule has 0 aliphatic carbocycles. The number of hydrogen-bond acceptors (Lipinski definition) is 3. The van der Waals surface area contributed by atoms with Crippen LogP contribution < -0.4 is 5.32 Å². The zero-order chi connectivity index (χ0) is 13.7. The summed E-state index contributed by atoms with van der Waals surface area (Å²) in [6.45, 7) is 5.59. The van der Waals surface area contributed by atoms with Crippen LogP contribution in [0.3, 0.4) is 0 Å². The van der Waals surface area contributed by atoms with E-state index < -0.39 is 0 Å². The zero-order valence-corrected chi connectivity index (χ0v) is 11.5. The Morgan fingerprint density at radius 3 is 2.84 bits per heavy atom. The van der Waals surface area contributed by atoms with E-state index in [-0.39, 0.29) is 0 Å². The Labute approximate surface area is 113 Å². The molecule has 0 radical (unpaired) electrons. The fourth-order valence-corrected chi connectivity index (χ4v) is 2.12. The monoisotopic (exact) mass is 259 g/mol. The number of nitrogens with zero attached hydrogens (tertiary/aromatic N) is 1. The molecule has 2 aromatic rings. The average Bonchev–Trinajstić information content (AvgIpc) is 2.80. The number of benzene rings is 1. The van der Waals surface area contributed by atoms with Crippen molar-refractivity contribution in [2.24, 2.45) is 0 Å². The second kappa shape index (κ2) is 6.38. The van der Waals surface area contributed by atoms with Crippen LogP contribution in [0.2, 0.25) is 0 Å². The molecule has 0 bridgehead atoms. The maximum Gasteiger partial charge on any atom is 0.122 e. The number of aromatic nitrogens is 2. The van der Waals surface area contributed by atoms with Gasteiger partial charge in [-0.1, -0.05) is 18.2 Å². The lowest BCUT2D eigenvalue weighted by molar-refractivity contribution is 0.460. The Bertz CT molecular complexity index is 534.